The van der Waals surface area contributed by atoms with Crippen LogP contribution in [0.4, 0.5) is 0 Å². The van der Waals surface area contributed by atoms with E-state index >= 15 is 0 Å². The maximum absolute atomic E-state index is 12.6. The molecule has 2 amide bonds. The molecular formula is C19H26N2O4. The minimum Gasteiger partial charge on any atom is -0.352 e. The lowest BCUT2D eigenvalue weighted by Gasteiger charge is -2.37. The number of piperidine rings is 1. The van der Waals surface area contributed by atoms with Crippen LogP contribution in [0.2, 0.25) is 0 Å². The second kappa shape index (κ2) is 7.97. The average molecular weight is 346 g/mol. The number of ether oxygens (including phenoxy) is 2. The number of hydrogen-bond donors (Lipinski definition) is 1. The van der Waals surface area contributed by atoms with Crippen molar-refractivity contribution in [2.75, 3.05) is 32.8 Å². The molecule has 136 valence electrons. The Labute approximate surface area is 148 Å². The van der Waals surface area contributed by atoms with Gasteiger partial charge in [0.15, 0.2) is 5.79 Å². The topological polar surface area (TPSA) is 67.9 Å². The summed E-state index contributed by atoms with van der Waals surface area (Å²) in [6.45, 7) is 5.28. The minimum atomic E-state index is -0.475. The molecule has 0 saturated carbocycles. The molecule has 2 fully saturated rings. The quantitative estimate of drug-likeness (QED) is 0.830. The van der Waals surface area contributed by atoms with Gasteiger partial charge in [0.1, 0.15) is 0 Å². The minimum absolute atomic E-state index is 0.00853. The fourth-order valence-corrected chi connectivity index (χ4v) is 3.26. The molecule has 2 saturated heterocycles. The first-order valence-electron chi connectivity index (χ1n) is 9.09. The number of benzene rings is 1. The van der Waals surface area contributed by atoms with Crippen molar-refractivity contribution in [2.24, 2.45) is 0 Å². The van der Waals surface area contributed by atoms with Crippen LogP contribution in [0.3, 0.4) is 0 Å². The highest BCUT2D eigenvalue weighted by Crippen LogP contribution is 2.31. The zero-order chi connectivity index (χ0) is 17.7. The number of nitrogens with one attached hydrogen (secondary N) is 1. The van der Waals surface area contributed by atoms with Gasteiger partial charge in [-0.1, -0.05) is 13.3 Å². The van der Waals surface area contributed by atoms with Gasteiger partial charge in [-0.15, -0.1) is 0 Å². The van der Waals surface area contributed by atoms with Gasteiger partial charge in [-0.25, -0.2) is 0 Å². The Morgan fingerprint density at radius 3 is 2.28 bits per heavy atom. The number of amides is 2. The van der Waals surface area contributed by atoms with Gasteiger partial charge < -0.3 is 19.7 Å². The molecule has 1 spiro atoms. The van der Waals surface area contributed by atoms with Gasteiger partial charge in [0, 0.05) is 43.6 Å². The van der Waals surface area contributed by atoms with E-state index in [9.17, 15) is 9.59 Å². The van der Waals surface area contributed by atoms with E-state index < -0.39 is 5.79 Å². The normalized spacial score (nSPS) is 19.2. The van der Waals surface area contributed by atoms with Crippen molar-refractivity contribution in [1.29, 1.82) is 0 Å². The fourth-order valence-electron chi connectivity index (χ4n) is 3.26. The molecule has 3 rings (SSSR count). The second-order valence-electron chi connectivity index (χ2n) is 6.59. The number of carbonyl (C=O) groups excluding carboxylic acids is 2. The first-order valence-corrected chi connectivity index (χ1v) is 9.09. The van der Waals surface area contributed by atoms with Crippen LogP contribution in [0.5, 0.6) is 0 Å². The lowest BCUT2D eigenvalue weighted by molar-refractivity contribution is -0.181. The molecule has 1 aromatic rings. The Morgan fingerprint density at radius 2 is 1.68 bits per heavy atom. The summed E-state index contributed by atoms with van der Waals surface area (Å²) in [7, 11) is 0. The van der Waals surface area contributed by atoms with Crippen LogP contribution in [-0.2, 0) is 9.47 Å². The Hall–Kier alpha value is -1.92. The van der Waals surface area contributed by atoms with Crippen LogP contribution in [-0.4, -0.2) is 55.3 Å². The molecule has 1 N–H and O–H groups in total. The SMILES string of the molecule is CCCCNC(=O)c1ccc(C(=O)N2CCC3(CC2)OCCO3)cc1. The highest BCUT2D eigenvalue weighted by molar-refractivity contribution is 5.97. The third kappa shape index (κ3) is 4.19. The third-order valence-electron chi connectivity index (χ3n) is 4.84. The van der Waals surface area contributed by atoms with Crippen molar-refractivity contribution in [3.05, 3.63) is 35.4 Å². The Kier molecular flexibility index (Phi) is 5.71. The van der Waals surface area contributed by atoms with Crippen LogP contribution < -0.4 is 5.32 Å². The zero-order valence-corrected chi connectivity index (χ0v) is 14.8. The first kappa shape index (κ1) is 17.9. The molecule has 0 aromatic heterocycles. The van der Waals surface area contributed by atoms with Crippen molar-refractivity contribution in [3.63, 3.8) is 0 Å². The molecule has 0 unspecified atom stereocenters. The van der Waals surface area contributed by atoms with Crippen LogP contribution in [0.1, 0.15) is 53.3 Å². The van der Waals surface area contributed by atoms with Crippen LogP contribution in [0, 0.1) is 0 Å². The van der Waals surface area contributed by atoms with Gasteiger partial charge in [-0.05, 0) is 30.7 Å². The van der Waals surface area contributed by atoms with Crippen molar-refractivity contribution in [3.8, 4) is 0 Å². The van der Waals surface area contributed by atoms with Gasteiger partial charge in [0.2, 0.25) is 0 Å². The standard InChI is InChI=1S/C19H26N2O4/c1-2-3-10-20-17(22)15-4-6-16(7-5-15)18(23)21-11-8-19(9-12-21)24-13-14-25-19/h4-7H,2-3,8-14H2,1H3,(H,20,22). The Balaban J connectivity index is 1.55. The van der Waals surface area contributed by atoms with Gasteiger partial charge in [0.25, 0.3) is 11.8 Å². The molecule has 6 heteroatoms. The second-order valence-corrected chi connectivity index (χ2v) is 6.59. The van der Waals surface area contributed by atoms with E-state index in [-0.39, 0.29) is 11.8 Å². The van der Waals surface area contributed by atoms with E-state index in [1.807, 2.05) is 4.90 Å². The van der Waals surface area contributed by atoms with Crippen molar-refractivity contribution in [2.45, 2.75) is 38.4 Å². The van der Waals surface area contributed by atoms with Gasteiger partial charge in [-0.3, -0.25) is 9.59 Å². The maximum atomic E-state index is 12.6. The number of rotatable bonds is 5. The summed E-state index contributed by atoms with van der Waals surface area (Å²) < 4.78 is 11.4. The van der Waals surface area contributed by atoms with Crippen LogP contribution >= 0.6 is 0 Å². The van der Waals surface area contributed by atoms with E-state index in [0.717, 1.165) is 12.8 Å². The Bertz CT molecular complexity index is 598. The lowest BCUT2D eigenvalue weighted by atomic mass is 10.0. The van der Waals surface area contributed by atoms with E-state index in [1.165, 1.54) is 0 Å². The summed E-state index contributed by atoms with van der Waals surface area (Å²) in [6, 6.07) is 6.88. The highest BCUT2D eigenvalue weighted by atomic mass is 16.7. The summed E-state index contributed by atoms with van der Waals surface area (Å²) >= 11 is 0. The number of unbranched alkanes of at least 4 members (excludes halogenated alkanes) is 1. The van der Waals surface area contributed by atoms with Gasteiger partial charge >= 0.3 is 0 Å². The molecule has 0 atom stereocenters. The van der Waals surface area contributed by atoms with E-state index in [1.54, 1.807) is 24.3 Å². The highest BCUT2D eigenvalue weighted by Gasteiger charge is 2.40. The summed E-state index contributed by atoms with van der Waals surface area (Å²) in [6.07, 6.45) is 3.42. The summed E-state index contributed by atoms with van der Waals surface area (Å²) in [5.41, 5.74) is 1.19. The van der Waals surface area contributed by atoms with Crippen LogP contribution in [0.25, 0.3) is 0 Å². The fraction of sp³-hybridized carbons (Fsp3) is 0.579. The van der Waals surface area contributed by atoms with E-state index in [2.05, 4.69) is 12.2 Å². The molecule has 1 aromatic carbocycles. The molecule has 0 aliphatic carbocycles. The number of carbonyl (C=O) groups is 2. The first-order chi connectivity index (χ1) is 12.1. The number of likely N-dealkylation sites (tertiary alicyclic amines) is 1. The average Bonchev–Trinajstić information content (AvgIpc) is 3.10. The third-order valence-corrected chi connectivity index (χ3v) is 4.84. The molecule has 0 radical (unpaired) electrons. The largest absolute Gasteiger partial charge is 0.352 e. The van der Waals surface area contributed by atoms with Gasteiger partial charge in [0.05, 0.1) is 13.2 Å². The number of nitrogens with zero attached hydrogens (tertiary/aromatic N) is 1. The monoisotopic (exact) mass is 346 g/mol. The molecule has 0 bridgehead atoms. The lowest BCUT2D eigenvalue weighted by Crippen LogP contribution is -2.47. The number of hydrogen-bond acceptors (Lipinski definition) is 4. The molecule has 6 nitrogen and oxygen atoms in total. The van der Waals surface area contributed by atoms with E-state index in [4.69, 9.17) is 9.47 Å². The molecule has 2 heterocycles. The van der Waals surface area contributed by atoms with E-state index in [0.29, 0.717) is 56.8 Å². The molecular weight excluding hydrogens is 320 g/mol. The maximum Gasteiger partial charge on any atom is 0.253 e. The molecule has 2 aliphatic rings. The molecule has 25 heavy (non-hydrogen) atoms. The smallest absolute Gasteiger partial charge is 0.253 e. The summed E-state index contributed by atoms with van der Waals surface area (Å²) in [5, 5.41) is 2.88. The summed E-state index contributed by atoms with van der Waals surface area (Å²) in [5.74, 6) is -0.578. The predicted molar refractivity (Wildman–Crippen MR) is 93.5 cm³/mol. The zero-order valence-electron chi connectivity index (χ0n) is 14.8. The Morgan fingerprint density at radius 1 is 1.08 bits per heavy atom. The van der Waals surface area contributed by atoms with Crippen molar-refractivity contribution >= 4 is 11.8 Å². The van der Waals surface area contributed by atoms with Crippen LogP contribution in [0.15, 0.2) is 24.3 Å². The predicted octanol–water partition coefficient (Wildman–Crippen LogP) is 2.20. The molecule has 2 aliphatic heterocycles. The van der Waals surface area contributed by atoms with Crippen molar-refractivity contribution < 1.29 is 19.1 Å². The van der Waals surface area contributed by atoms with Crippen molar-refractivity contribution in [1.82, 2.24) is 10.2 Å². The summed E-state index contributed by atoms with van der Waals surface area (Å²) in [4.78, 5) is 26.5. The van der Waals surface area contributed by atoms with Gasteiger partial charge in [-0.2, -0.15) is 0 Å².